The van der Waals surface area contributed by atoms with Gasteiger partial charge in [0.2, 0.25) is 0 Å². The molecule has 3 atom stereocenters. The zero-order valence-corrected chi connectivity index (χ0v) is 14.0. The first kappa shape index (κ1) is 17.4. The number of nitrogens with one attached hydrogen (secondary N) is 1. The first-order chi connectivity index (χ1) is 9.34. The number of carbonyl (C=O) groups is 1. The predicted molar refractivity (Wildman–Crippen MR) is 82.8 cm³/mol. The van der Waals surface area contributed by atoms with E-state index in [1.807, 2.05) is 6.92 Å². The fourth-order valence-corrected chi connectivity index (χ4v) is 3.65. The third-order valence-corrected chi connectivity index (χ3v) is 4.41. The lowest BCUT2D eigenvalue weighted by Crippen LogP contribution is -2.56. The quantitative estimate of drug-likeness (QED) is 0.730. The van der Waals surface area contributed by atoms with Crippen molar-refractivity contribution in [2.45, 2.75) is 84.0 Å². The average molecular weight is 284 g/mol. The molecule has 1 aliphatic heterocycles. The van der Waals surface area contributed by atoms with Crippen LogP contribution in [0.4, 0.5) is 0 Å². The largest absolute Gasteiger partial charge is 0.468 e. The predicted octanol–water partition coefficient (Wildman–Crippen LogP) is 2.57. The maximum Gasteiger partial charge on any atom is 0.325 e. The monoisotopic (exact) mass is 284 g/mol. The van der Waals surface area contributed by atoms with Crippen LogP contribution in [-0.2, 0) is 9.53 Å². The van der Waals surface area contributed by atoms with E-state index in [4.69, 9.17) is 4.74 Å². The number of rotatable bonds is 7. The molecule has 1 heterocycles. The van der Waals surface area contributed by atoms with Crippen LogP contribution < -0.4 is 5.32 Å². The normalized spacial score (nSPS) is 24.6. The minimum atomic E-state index is -0.608. The highest BCUT2D eigenvalue weighted by atomic mass is 16.5. The molecule has 20 heavy (non-hydrogen) atoms. The van der Waals surface area contributed by atoms with Crippen LogP contribution in [0, 0.1) is 0 Å². The molecule has 1 aliphatic rings. The summed E-state index contributed by atoms with van der Waals surface area (Å²) in [6.45, 7) is 11.7. The van der Waals surface area contributed by atoms with Crippen molar-refractivity contribution in [2.24, 2.45) is 0 Å². The lowest BCUT2D eigenvalue weighted by Gasteiger charge is -2.37. The van der Waals surface area contributed by atoms with Gasteiger partial charge in [0.05, 0.1) is 7.11 Å². The van der Waals surface area contributed by atoms with Gasteiger partial charge in [-0.1, -0.05) is 6.92 Å². The van der Waals surface area contributed by atoms with Gasteiger partial charge in [-0.25, -0.2) is 0 Å². The standard InChI is InChI=1S/C16H32N2O2/c1-7-14-9-8-10-18(14)13(4)11-16(5,15(19)20-6)17-12(2)3/h12-14,17H,7-11H2,1-6H3. The lowest BCUT2D eigenvalue weighted by molar-refractivity contribution is -0.149. The van der Waals surface area contributed by atoms with E-state index >= 15 is 0 Å². The van der Waals surface area contributed by atoms with Crippen molar-refractivity contribution in [3.8, 4) is 0 Å². The van der Waals surface area contributed by atoms with E-state index in [1.54, 1.807) is 0 Å². The van der Waals surface area contributed by atoms with Crippen LogP contribution in [0.1, 0.15) is 60.3 Å². The molecule has 0 spiro atoms. The highest BCUT2D eigenvalue weighted by molar-refractivity contribution is 5.80. The van der Waals surface area contributed by atoms with Crippen molar-refractivity contribution in [1.82, 2.24) is 10.2 Å². The van der Waals surface area contributed by atoms with Gasteiger partial charge in [0.25, 0.3) is 0 Å². The highest BCUT2D eigenvalue weighted by Gasteiger charge is 2.39. The molecule has 0 radical (unpaired) electrons. The molecule has 4 nitrogen and oxygen atoms in total. The molecule has 4 heteroatoms. The number of carbonyl (C=O) groups excluding carboxylic acids is 1. The zero-order valence-electron chi connectivity index (χ0n) is 14.0. The number of likely N-dealkylation sites (tertiary alicyclic amines) is 1. The van der Waals surface area contributed by atoms with E-state index in [-0.39, 0.29) is 12.0 Å². The first-order valence-corrected chi connectivity index (χ1v) is 7.96. The summed E-state index contributed by atoms with van der Waals surface area (Å²) in [6.07, 6.45) is 4.54. The molecule has 0 saturated carbocycles. The van der Waals surface area contributed by atoms with Crippen LogP contribution in [0.3, 0.4) is 0 Å². The molecule has 1 fully saturated rings. The molecule has 0 aromatic carbocycles. The summed E-state index contributed by atoms with van der Waals surface area (Å²) in [5.41, 5.74) is -0.608. The van der Waals surface area contributed by atoms with E-state index in [9.17, 15) is 4.79 Å². The summed E-state index contributed by atoms with van der Waals surface area (Å²) in [5, 5.41) is 3.39. The molecule has 0 bridgehead atoms. The summed E-state index contributed by atoms with van der Waals surface area (Å²) in [7, 11) is 1.47. The fourth-order valence-electron chi connectivity index (χ4n) is 3.65. The topological polar surface area (TPSA) is 41.6 Å². The second-order valence-corrected chi connectivity index (χ2v) is 6.62. The third kappa shape index (κ3) is 4.19. The van der Waals surface area contributed by atoms with Gasteiger partial charge in [-0.3, -0.25) is 15.0 Å². The van der Waals surface area contributed by atoms with Gasteiger partial charge in [0, 0.05) is 18.1 Å². The number of ether oxygens (including phenoxy) is 1. The Morgan fingerprint density at radius 1 is 1.45 bits per heavy atom. The Morgan fingerprint density at radius 2 is 2.10 bits per heavy atom. The maximum absolute atomic E-state index is 12.2. The second kappa shape index (κ2) is 7.41. The van der Waals surface area contributed by atoms with Gasteiger partial charge < -0.3 is 4.74 Å². The van der Waals surface area contributed by atoms with Gasteiger partial charge in [-0.2, -0.15) is 0 Å². The van der Waals surface area contributed by atoms with Crippen molar-refractivity contribution >= 4 is 5.97 Å². The molecule has 118 valence electrons. The zero-order chi connectivity index (χ0) is 15.3. The molecule has 1 saturated heterocycles. The van der Waals surface area contributed by atoms with Crippen LogP contribution in [-0.4, -0.2) is 48.2 Å². The molecule has 1 N–H and O–H groups in total. The van der Waals surface area contributed by atoms with Gasteiger partial charge >= 0.3 is 5.97 Å². The molecule has 1 rings (SSSR count). The van der Waals surface area contributed by atoms with Crippen molar-refractivity contribution in [3.05, 3.63) is 0 Å². The Balaban J connectivity index is 2.76. The lowest BCUT2D eigenvalue weighted by atomic mass is 9.91. The molecular weight excluding hydrogens is 252 g/mol. The SMILES string of the molecule is CCC1CCCN1C(C)CC(C)(NC(C)C)C(=O)OC. The van der Waals surface area contributed by atoms with Crippen LogP contribution in [0.2, 0.25) is 0 Å². The van der Waals surface area contributed by atoms with E-state index in [0.29, 0.717) is 12.1 Å². The van der Waals surface area contributed by atoms with Crippen molar-refractivity contribution < 1.29 is 9.53 Å². The summed E-state index contributed by atoms with van der Waals surface area (Å²) < 4.78 is 5.01. The first-order valence-electron chi connectivity index (χ1n) is 7.96. The van der Waals surface area contributed by atoms with E-state index < -0.39 is 5.54 Å². The molecule has 0 aromatic rings. The van der Waals surface area contributed by atoms with Crippen molar-refractivity contribution in [2.75, 3.05) is 13.7 Å². The summed E-state index contributed by atoms with van der Waals surface area (Å²) in [5.74, 6) is -0.162. The minimum Gasteiger partial charge on any atom is -0.468 e. The Hall–Kier alpha value is -0.610. The van der Waals surface area contributed by atoms with Crippen LogP contribution in [0.5, 0.6) is 0 Å². The smallest absolute Gasteiger partial charge is 0.325 e. The van der Waals surface area contributed by atoms with Crippen LogP contribution in [0.15, 0.2) is 0 Å². The third-order valence-electron chi connectivity index (χ3n) is 4.41. The summed E-state index contributed by atoms with van der Waals surface area (Å²) in [4.78, 5) is 14.7. The molecule has 0 aliphatic carbocycles. The Bertz CT molecular complexity index is 320. The van der Waals surface area contributed by atoms with Gasteiger partial charge in [0.15, 0.2) is 0 Å². The van der Waals surface area contributed by atoms with Crippen LogP contribution >= 0.6 is 0 Å². The number of hydrogen-bond acceptors (Lipinski definition) is 4. The Morgan fingerprint density at radius 3 is 2.60 bits per heavy atom. The summed E-state index contributed by atoms with van der Waals surface area (Å²) >= 11 is 0. The number of nitrogens with zero attached hydrogens (tertiary/aromatic N) is 1. The van der Waals surface area contributed by atoms with Gasteiger partial charge in [-0.15, -0.1) is 0 Å². The summed E-state index contributed by atoms with van der Waals surface area (Å²) in [6, 6.07) is 1.32. The molecule has 0 aromatic heterocycles. The number of hydrogen-bond donors (Lipinski definition) is 1. The average Bonchev–Trinajstić information content (AvgIpc) is 2.84. The Labute approximate surface area is 124 Å². The van der Waals surface area contributed by atoms with Gasteiger partial charge in [0.1, 0.15) is 5.54 Å². The number of methoxy groups -OCH3 is 1. The van der Waals surface area contributed by atoms with Crippen molar-refractivity contribution in [1.29, 1.82) is 0 Å². The van der Waals surface area contributed by atoms with Crippen LogP contribution in [0.25, 0.3) is 0 Å². The Kier molecular flexibility index (Phi) is 6.46. The van der Waals surface area contributed by atoms with Crippen molar-refractivity contribution in [3.63, 3.8) is 0 Å². The maximum atomic E-state index is 12.2. The van der Waals surface area contributed by atoms with E-state index in [0.717, 1.165) is 13.0 Å². The number of esters is 1. The van der Waals surface area contributed by atoms with E-state index in [1.165, 1.54) is 26.4 Å². The minimum absolute atomic E-state index is 0.162. The second-order valence-electron chi connectivity index (χ2n) is 6.62. The molecule has 0 amide bonds. The molecule has 3 unspecified atom stereocenters. The highest BCUT2D eigenvalue weighted by Crippen LogP contribution is 2.27. The fraction of sp³-hybridized carbons (Fsp3) is 0.938. The molecular formula is C16H32N2O2. The van der Waals surface area contributed by atoms with Gasteiger partial charge in [-0.05, 0) is 59.9 Å². The van der Waals surface area contributed by atoms with E-state index in [2.05, 4.69) is 37.9 Å².